The molecule has 72 heavy (non-hydrogen) atoms. The fourth-order valence-electron chi connectivity index (χ4n) is 11.5. The summed E-state index contributed by atoms with van der Waals surface area (Å²) in [6, 6.07) is 103. The van der Waals surface area contributed by atoms with Gasteiger partial charge in [-0.2, -0.15) is 0 Å². The summed E-state index contributed by atoms with van der Waals surface area (Å²) in [4.78, 5) is 2.43. The van der Waals surface area contributed by atoms with Crippen molar-refractivity contribution in [3.8, 4) is 50.2 Å². The molecule has 0 saturated heterocycles. The van der Waals surface area contributed by atoms with Crippen LogP contribution in [0.1, 0.15) is 0 Å². The van der Waals surface area contributed by atoms with Crippen LogP contribution in [0.3, 0.4) is 0 Å². The minimum Gasteiger partial charge on any atom is -0.310 e. The van der Waals surface area contributed by atoms with Crippen molar-refractivity contribution < 1.29 is 0 Å². The Labute approximate surface area is 418 Å². The second-order valence-corrected chi connectivity index (χ2v) is 18.8. The molecule has 0 aliphatic rings. The van der Waals surface area contributed by atoms with Crippen LogP contribution in [0.15, 0.2) is 279 Å². The first-order chi connectivity index (χ1) is 35.7. The number of hydrogen-bond acceptors (Lipinski definition) is 1. The maximum absolute atomic E-state index is 2.46. The third-order valence-corrected chi connectivity index (χ3v) is 14.8. The smallest absolute Gasteiger partial charge is 0.0541 e. The zero-order valence-corrected chi connectivity index (χ0v) is 39.5. The number of hydrogen-bond donors (Lipinski definition) is 0. The lowest BCUT2D eigenvalue weighted by molar-refractivity contribution is 1.18. The Morgan fingerprint density at radius 2 is 0.653 bits per heavy atom. The second kappa shape index (κ2) is 17.2. The monoisotopic (exact) mass is 914 g/mol. The van der Waals surface area contributed by atoms with Gasteiger partial charge in [0.15, 0.2) is 0 Å². The van der Waals surface area contributed by atoms with E-state index in [9.17, 15) is 0 Å². The molecule has 336 valence electrons. The Kier molecular flexibility index (Phi) is 9.89. The molecule has 2 nitrogen and oxygen atoms in total. The van der Waals surface area contributed by atoms with Crippen LogP contribution in [0.4, 0.5) is 17.1 Å². The first kappa shape index (κ1) is 41.5. The number of anilines is 3. The number of rotatable bonds is 8. The lowest BCUT2D eigenvalue weighted by Crippen LogP contribution is -2.10. The Bertz CT molecular complexity index is 4200. The highest BCUT2D eigenvalue weighted by Crippen LogP contribution is 2.47. The summed E-state index contributed by atoms with van der Waals surface area (Å²) in [5, 5.41) is 12.4. The molecule has 0 bridgehead atoms. The molecule has 1 aromatic heterocycles. The number of nitrogens with zero attached hydrogens (tertiary/aromatic N) is 2. The normalized spacial score (nSPS) is 11.6. The van der Waals surface area contributed by atoms with E-state index in [-0.39, 0.29) is 0 Å². The average molecular weight is 915 g/mol. The zero-order chi connectivity index (χ0) is 47.5. The van der Waals surface area contributed by atoms with E-state index < -0.39 is 0 Å². The van der Waals surface area contributed by atoms with Gasteiger partial charge in [-0.3, -0.25) is 0 Å². The van der Waals surface area contributed by atoms with Crippen LogP contribution in [-0.2, 0) is 0 Å². The van der Waals surface area contributed by atoms with E-state index in [2.05, 4.69) is 289 Å². The molecule has 13 aromatic carbocycles. The minimum absolute atomic E-state index is 1.07. The lowest BCUT2D eigenvalue weighted by Gasteiger charge is -2.28. The molecule has 0 amide bonds. The third kappa shape index (κ3) is 6.88. The molecule has 1 heterocycles. The molecule has 0 unspecified atom stereocenters. The van der Waals surface area contributed by atoms with Crippen molar-refractivity contribution in [2.24, 2.45) is 0 Å². The Balaban J connectivity index is 1.01. The molecule has 0 atom stereocenters. The average Bonchev–Trinajstić information content (AvgIpc) is 3.79. The van der Waals surface area contributed by atoms with Gasteiger partial charge in [-0.25, -0.2) is 0 Å². The Morgan fingerprint density at radius 3 is 1.25 bits per heavy atom. The van der Waals surface area contributed by atoms with E-state index in [1.807, 2.05) is 0 Å². The first-order valence-electron chi connectivity index (χ1n) is 24.8. The molecule has 0 radical (unpaired) electrons. The molecule has 2 heteroatoms. The summed E-state index contributed by atoms with van der Waals surface area (Å²) in [5.41, 5.74) is 16.2. The van der Waals surface area contributed by atoms with Crippen molar-refractivity contribution in [1.82, 2.24) is 4.57 Å². The lowest BCUT2D eigenvalue weighted by atomic mass is 9.88. The van der Waals surface area contributed by atoms with Gasteiger partial charge in [0, 0.05) is 33.4 Å². The number of aromatic nitrogens is 1. The summed E-state index contributed by atoms with van der Waals surface area (Å²) in [5.74, 6) is 0. The van der Waals surface area contributed by atoms with Gasteiger partial charge in [0.05, 0.1) is 16.7 Å². The highest BCUT2D eigenvalue weighted by atomic mass is 15.1. The van der Waals surface area contributed by atoms with E-state index in [1.54, 1.807) is 0 Å². The predicted octanol–water partition coefficient (Wildman–Crippen LogP) is 19.5. The number of benzene rings is 13. The van der Waals surface area contributed by atoms with Gasteiger partial charge in [0.1, 0.15) is 0 Å². The molecular formula is C70H46N2. The largest absolute Gasteiger partial charge is 0.310 e. The van der Waals surface area contributed by atoms with Crippen LogP contribution in [-0.4, -0.2) is 4.57 Å². The molecule has 14 aromatic rings. The summed E-state index contributed by atoms with van der Waals surface area (Å²) in [6.45, 7) is 0. The molecule has 0 fully saturated rings. The van der Waals surface area contributed by atoms with E-state index in [1.165, 1.54) is 92.7 Å². The Hall–Kier alpha value is -9.50. The van der Waals surface area contributed by atoms with Gasteiger partial charge in [-0.05, 0) is 143 Å². The highest BCUT2D eigenvalue weighted by Gasteiger charge is 2.22. The summed E-state index contributed by atoms with van der Waals surface area (Å²) < 4.78 is 2.46. The van der Waals surface area contributed by atoms with E-state index >= 15 is 0 Å². The van der Waals surface area contributed by atoms with Crippen LogP contribution >= 0.6 is 0 Å². The second-order valence-electron chi connectivity index (χ2n) is 18.8. The summed E-state index contributed by atoms with van der Waals surface area (Å²) >= 11 is 0. The molecule has 14 rings (SSSR count). The van der Waals surface area contributed by atoms with Crippen molar-refractivity contribution in [2.45, 2.75) is 0 Å². The fourth-order valence-corrected chi connectivity index (χ4v) is 11.5. The predicted molar refractivity (Wildman–Crippen MR) is 307 cm³/mol. The van der Waals surface area contributed by atoms with Gasteiger partial charge in [-0.1, -0.05) is 218 Å². The van der Waals surface area contributed by atoms with Crippen molar-refractivity contribution in [2.75, 3.05) is 4.90 Å². The maximum Gasteiger partial charge on any atom is 0.0541 e. The van der Waals surface area contributed by atoms with Crippen molar-refractivity contribution in [3.63, 3.8) is 0 Å². The maximum atomic E-state index is 2.46. The first-order valence-corrected chi connectivity index (χ1v) is 24.8. The number of para-hydroxylation sites is 3. The van der Waals surface area contributed by atoms with Crippen molar-refractivity contribution >= 4 is 82.0 Å². The summed E-state index contributed by atoms with van der Waals surface area (Å²) in [7, 11) is 0. The molecular weight excluding hydrogens is 869 g/mol. The highest BCUT2D eigenvalue weighted by molar-refractivity contribution is 6.16. The van der Waals surface area contributed by atoms with Gasteiger partial charge < -0.3 is 9.47 Å². The van der Waals surface area contributed by atoms with Crippen LogP contribution in [0.5, 0.6) is 0 Å². The van der Waals surface area contributed by atoms with E-state index in [4.69, 9.17) is 0 Å². The minimum atomic E-state index is 1.07. The van der Waals surface area contributed by atoms with Crippen LogP contribution < -0.4 is 4.90 Å². The van der Waals surface area contributed by atoms with Crippen LogP contribution in [0.25, 0.3) is 115 Å². The number of fused-ring (bicyclic) bond motifs is 8. The standard InChI is InChI=1S/C70H46N2/c1-4-22-55-47(17-1)20-15-30-57(55)49-35-39-52(40-36-49)71(53-41-37-50(38-42-53)58-31-16-21-48-18-2-5-23-56(48)58)54-43-44-62(67(46-54)66-45-51-19-3-6-24-59(51)60-25-7-8-26-61(60)66)63-27-9-12-32-68(63)72-69-33-13-10-28-64(69)65-29-11-14-34-70(65)72/h1-46H. The van der Waals surface area contributed by atoms with Crippen molar-refractivity contribution in [3.05, 3.63) is 279 Å². The molecule has 0 aliphatic carbocycles. The molecule has 0 aliphatic heterocycles. The quantitative estimate of drug-likeness (QED) is 0.138. The van der Waals surface area contributed by atoms with E-state index in [0.717, 1.165) is 39.4 Å². The van der Waals surface area contributed by atoms with Gasteiger partial charge >= 0.3 is 0 Å². The third-order valence-electron chi connectivity index (χ3n) is 14.8. The zero-order valence-electron chi connectivity index (χ0n) is 39.5. The van der Waals surface area contributed by atoms with Crippen molar-refractivity contribution in [1.29, 1.82) is 0 Å². The topological polar surface area (TPSA) is 8.17 Å². The molecule has 0 spiro atoms. The molecule has 0 N–H and O–H groups in total. The van der Waals surface area contributed by atoms with Gasteiger partial charge in [0.2, 0.25) is 0 Å². The van der Waals surface area contributed by atoms with Crippen LogP contribution in [0.2, 0.25) is 0 Å². The SMILES string of the molecule is c1ccc(-n2c3ccccc3c3ccccc32)c(-c2ccc(N(c3ccc(-c4cccc5ccccc45)cc3)c3ccc(-c4cccc5ccccc45)cc3)cc2-c2cc3ccccc3c3ccccc23)c1. The fraction of sp³-hybridized carbons (Fsp3) is 0. The summed E-state index contributed by atoms with van der Waals surface area (Å²) in [6.07, 6.45) is 0. The van der Waals surface area contributed by atoms with Crippen LogP contribution in [0, 0.1) is 0 Å². The Morgan fingerprint density at radius 1 is 0.222 bits per heavy atom. The van der Waals surface area contributed by atoms with E-state index in [0.29, 0.717) is 0 Å². The van der Waals surface area contributed by atoms with Gasteiger partial charge in [-0.15, -0.1) is 0 Å². The van der Waals surface area contributed by atoms with Gasteiger partial charge in [0.25, 0.3) is 0 Å². The molecule has 0 saturated carbocycles.